The van der Waals surface area contributed by atoms with Gasteiger partial charge in [-0.25, -0.2) is 0 Å². The number of carbonyl (C=O) groups excluding carboxylic acids is 1. The molecule has 1 fully saturated rings. The molecule has 0 spiro atoms. The van der Waals surface area contributed by atoms with E-state index in [0.29, 0.717) is 12.5 Å². The van der Waals surface area contributed by atoms with E-state index in [0.717, 1.165) is 30.7 Å². The van der Waals surface area contributed by atoms with Crippen molar-refractivity contribution in [1.29, 1.82) is 0 Å². The van der Waals surface area contributed by atoms with Crippen LogP contribution in [-0.4, -0.2) is 39.7 Å². The van der Waals surface area contributed by atoms with Crippen molar-refractivity contribution in [2.24, 2.45) is 7.05 Å². The van der Waals surface area contributed by atoms with Crippen molar-refractivity contribution in [3.63, 3.8) is 0 Å². The summed E-state index contributed by atoms with van der Waals surface area (Å²) in [6.07, 6.45) is 3.85. The minimum atomic E-state index is 0.0633. The monoisotopic (exact) mass is 352 g/mol. The van der Waals surface area contributed by atoms with Crippen LogP contribution in [0.1, 0.15) is 47.0 Å². The van der Waals surface area contributed by atoms with Crippen LogP contribution in [0.25, 0.3) is 0 Å². The van der Waals surface area contributed by atoms with E-state index in [-0.39, 0.29) is 18.0 Å². The Morgan fingerprint density at radius 1 is 1.12 bits per heavy atom. The molecule has 0 saturated carbocycles. The molecule has 1 amide bonds. The van der Waals surface area contributed by atoms with Gasteiger partial charge in [0.25, 0.3) is 0 Å². The molecular formula is C21H28N4O. The van der Waals surface area contributed by atoms with Gasteiger partial charge in [0, 0.05) is 43.9 Å². The number of hydrogen-bond acceptors (Lipinski definition) is 3. The average molecular weight is 352 g/mol. The summed E-state index contributed by atoms with van der Waals surface area (Å²) in [5, 5.41) is 8.41. The van der Waals surface area contributed by atoms with Gasteiger partial charge in [0.05, 0.1) is 11.7 Å². The Morgan fingerprint density at radius 3 is 2.54 bits per heavy atom. The van der Waals surface area contributed by atoms with Crippen LogP contribution in [0.15, 0.2) is 24.3 Å². The molecule has 5 nitrogen and oxygen atoms in total. The molecular weight excluding hydrogens is 324 g/mol. The second-order valence-corrected chi connectivity index (χ2v) is 7.84. The summed E-state index contributed by atoms with van der Waals surface area (Å²) in [7, 11) is 3.90. The quantitative estimate of drug-likeness (QED) is 0.923. The summed E-state index contributed by atoms with van der Waals surface area (Å²) < 4.78 is 1.93. The van der Waals surface area contributed by atoms with Crippen LogP contribution in [-0.2, 0) is 24.7 Å². The highest BCUT2D eigenvalue weighted by atomic mass is 16.2. The van der Waals surface area contributed by atoms with Gasteiger partial charge in [-0.1, -0.05) is 24.3 Å². The predicted molar refractivity (Wildman–Crippen MR) is 102 cm³/mol. The molecule has 1 saturated heterocycles. The molecule has 2 aromatic rings. The minimum Gasteiger partial charge on any atom is -0.337 e. The van der Waals surface area contributed by atoms with E-state index in [1.165, 1.54) is 16.7 Å². The summed E-state index contributed by atoms with van der Waals surface area (Å²) >= 11 is 0. The Bertz CT molecular complexity index is 841. The molecule has 2 heterocycles. The van der Waals surface area contributed by atoms with Crippen molar-refractivity contribution >= 4 is 5.91 Å². The van der Waals surface area contributed by atoms with Crippen LogP contribution in [0, 0.1) is 13.8 Å². The molecule has 0 bridgehead atoms. The molecule has 0 unspecified atom stereocenters. The van der Waals surface area contributed by atoms with Crippen LogP contribution in [0.5, 0.6) is 0 Å². The van der Waals surface area contributed by atoms with Gasteiger partial charge in [0.1, 0.15) is 0 Å². The van der Waals surface area contributed by atoms with Gasteiger partial charge in [-0.15, -0.1) is 0 Å². The summed E-state index contributed by atoms with van der Waals surface area (Å²) in [6.45, 7) is 4.15. The van der Waals surface area contributed by atoms with E-state index in [2.05, 4.69) is 41.6 Å². The molecule has 2 aliphatic rings. The van der Waals surface area contributed by atoms with E-state index < -0.39 is 0 Å². The number of aromatic nitrogens is 2. The fraction of sp³-hybridized carbons (Fsp3) is 0.524. The van der Waals surface area contributed by atoms with Gasteiger partial charge in [-0.05, 0) is 44.2 Å². The third-order valence-corrected chi connectivity index (χ3v) is 6.24. The standard InChI is InChI=1S/C21H28N4O/c1-13-20(14(2)25(4)23-13)21-18(12-19(26)24(21)3)22-17-10-9-15-7-5-6-8-16(15)11-17/h5-8,17-18,21-22H,9-12H2,1-4H3/t17-,18-,21-/m1/s1. The number of carbonyl (C=O) groups is 1. The van der Waals surface area contributed by atoms with Gasteiger partial charge in [0.15, 0.2) is 0 Å². The van der Waals surface area contributed by atoms with Gasteiger partial charge >= 0.3 is 0 Å². The van der Waals surface area contributed by atoms with Gasteiger partial charge in [-0.3, -0.25) is 9.48 Å². The highest BCUT2D eigenvalue weighted by Gasteiger charge is 2.42. The van der Waals surface area contributed by atoms with Crippen LogP contribution >= 0.6 is 0 Å². The largest absolute Gasteiger partial charge is 0.337 e. The lowest BCUT2D eigenvalue weighted by Gasteiger charge is -2.32. The topological polar surface area (TPSA) is 50.2 Å². The van der Waals surface area contributed by atoms with Crippen LogP contribution in [0.4, 0.5) is 0 Å². The number of benzene rings is 1. The van der Waals surface area contributed by atoms with Gasteiger partial charge in [0.2, 0.25) is 5.91 Å². The molecule has 26 heavy (non-hydrogen) atoms. The number of likely N-dealkylation sites (N-methyl/N-ethyl adjacent to an activating group) is 1. The summed E-state index contributed by atoms with van der Waals surface area (Å²) in [5.74, 6) is 0.214. The first kappa shape index (κ1) is 17.3. The Hall–Kier alpha value is -2.14. The number of nitrogens with one attached hydrogen (secondary N) is 1. The lowest BCUT2D eigenvalue weighted by Crippen LogP contribution is -2.44. The van der Waals surface area contributed by atoms with Crippen LogP contribution in [0.3, 0.4) is 0 Å². The number of likely N-dealkylation sites (tertiary alicyclic amines) is 1. The third kappa shape index (κ3) is 2.84. The van der Waals surface area contributed by atoms with E-state index in [4.69, 9.17) is 0 Å². The van der Waals surface area contributed by atoms with E-state index in [1.807, 2.05) is 30.6 Å². The first-order valence-corrected chi connectivity index (χ1v) is 9.54. The molecule has 1 N–H and O–H groups in total. The first-order valence-electron chi connectivity index (χ1n) is 9.54. The molecule has 4 rings (SSSR count). The number of rotatable bonds is 3. The molecule has 0 radical (unpaired) electrons. The minimum absolute atomic E-state index is 0.0633. The number of fused-ring (bicyclic) bond motifs is 1. The second kappa shape index (κ2) is 6.54. The molecule has 3 atom stereocenters. The summed E-state index contributed by atoms with van der Waals surface area (Å²) in [4.78, 5) is 14.4. The second-order valence-electron chi connectivity index (χ2n) is 7.84. The van der Waals surface area contributed by atoms with Crippen molar-refractivity contribution < 1.29 is 4.79 Å². The van der Waals surface area contributed by atoms with Crippen LogP contribution < -0.4 is 5.32 Å². The Morgan fingerprint density at radius 2 is 1.85 bits per heavy atom. The molecule has 1 aromatic heterocycles. The molecule has 5 heteroatoms. The molecule has 138 valence electrons. The van der Waals surface area contributed by atoms with Crippen molar-refractivity contribution in [3.8, 4) is 0 Å². The lowest BCUT2D eigenvalue weighted by atomic mass is 9.87. The van der Waals surface area contributed by atoms with Crippen LogP contribution in [0.2, 0.25) is 0 Å². The van der Waals surface area contributed by atoms with Crippen molar-refractivity contribution in [3.05, 3.63) is 52.3 Å². The Balaban J connectivity index is 1.58. The highest BCUT2D eigenvalue weighted by Crippen LogP contribution is 2.36. The number of aryl methyl sites for hydroxylation is 3. The van der Waals surface area contributed by atoms with Crippen molar-refractivity contribution in [1.82, 2.24) is 20.0 Å². The van der Waals surface area contributed by atoms with Gasteiger partial charge in [-0.2, -0.15) is 5.10 Å². The maximum absolute atomic E-state index is 12.5. The first-order chi connectivity index (χ1) is 12.5. The summed E-state index contributed by atoms with van der Waals surface area (Å²) in [5.41, 5.74) is 6.29. The zero-order valence-electron chi connectivity index (χ0n) is 16.1. The third-order valence-electron chi connectivity index (χ3n) is 6.24. The normalized spacial score (nSPS) is 25.6. The smallest absolute Gasteiger partial charge is 0.224 e. The molecule has 1 aromatic carbocycles. The zero-order chi connectivity index (χ0) is 18.4. The maximum atomic E-state index is 12.5. The summed E-state index contributed by atoms with van der Waals surface area (Å²) in [6, 6.07) is 9.36. The average Bonchev–Trinajstić information content (AvgIpc) is 3.03. The predicted octanol–water partition coefficient (Wildman–Crippen LogP) is 2.46. The number of nitrogens with zero attached hydrogens (tertiary/aromatic N) is 3. The lowest BCUT2D eigenvalue weighted by molar-refractivity contribution is -0.127. The Kier molecular flexibility index (Phi) is 4.35. The fourth-order valence-electron chi connectivity index (χ4n) is 4.77. The maximum Gasteiger partial charge on any atom is 0.224 e. The number of amides is 1. The van der Waals surface area contributed by atoms with E-state index in [9.17, 15) is 4.79 Å². The van der Waals surface area contributed by atoms with Crippen molar-refractivity contribution in [2.45, 2.75) is 57.7 Å². The fourth-order valence-corrected chi connectivity index (χ4v) is 4.77. The zero-order valence-corrected chi connectivity index (χ0v) is 16.1. The Labute approximate surface area is 155 Å². The van der Waals surface area contributed by atoms with E-state index in [1.54, 1.807) is 0 Å². The van der Waals surface area contributed by atoms with Crippen molar-refractivity contribution in [2.75, 3.05) is 7.05 Å². The van der Waals surface area contributed by atoms with Gasteiger partial charge < -0.3 is 10.2 Å². The SMILES string of the molecule is Cc1nn(C)c(C)c1[C@H]1[C@H](N[C@@H]2CCc3ccccc3C2)CC(=O)N1C. The number of hydrogen-bond donors (Lipinski definition) is 1. The highest BCUT2D eigenvalue weighted by molar-refractivity contribution is 5.80. The molecule has 1 aliphatic heterocycles. The van der Waals surface area contributed by atoms with E-state index >= 15 is 0 Å². The molecule has 1 aliphatic carbocycles.